The van der Waals surface area contributed by atoms with E-state index in [0.717, 1.165) is 13.0 Å². The Labute approximate surface area is 141 Å². The van der Waals surface area contributed by atoms with Gasteiger partial charge in [-0.15, -0.1) is 11.3 Å². The molecule has 4 heterocycles. The second kappa shape index (κ2) is 5.22. The van der Waals surface area contributed by atoms with Crippen molar-refractivity contribution in [1.82, 2.24) is 9.88 Å². The molecular weight excluding hydrogens is 300 g/mol. The summed E-state index contributed by atoms with van der Waals surface area (Å²) in [6.07, 6.45) is 4.88. The SMILES string of the molecule is CCCc1cc2c(s1)CCN1Cc3[nH]c4ccccc4c3C[C@@H]21. The smallest absolute Gasteiger partial charge is 0.0459 e. The van der Waals surface area contributed by atoms with Crippen molar-refractivity contribution in [2.45, 2.75) is 45.2 Å². The molecule has 5 rings (SSSR count). The zero-order valence-corrected chi connectivity index (χ0v) is 14.4. The third kappa shape index (κ3) is 2.10. The molecule has 1 aromatic carbocycles. The van der Waals surface area contributed by atoms with Gasteiger partial charge in [0.2, 0.25) is 0 Å². The zero-order valence-electron chi connectivity index (χ0n) is 13.6. The molecule has 0 aliphatic carbocycles. The summed E-state index contributed by atoms with van der Waals surface area (Å²) in [6, 6.07) is 11.9. The number of nitrogens with one attached hydrogen (secondary N) is 1. The molecule has 1 atom stereocenters. The van der Waals surface area contributed by atoms with Gasteiger partial charge in [0.1, 0.15) is 0 Å². The van der Waals surface area contributed by atoms with Crippen LogP contribution in [-0.4, -0.2) is 16.4 Å². The average molecular weight is 322 g/mol. The number of para-hydroxylation sites is 1. The number of fused-ring (bicyclic) bond motifs is 6. The van der Waals surface area contributed by atoms with Crippen LogP contribution in [-0.2, 0) is 25.8 Å². The maximum Gasteiger partial charge on any atom is 0.0459 e. The van der Waals surface area contributed by atoms with Crippen molar-refractivity contribution in [3.8, 4) is 0 Å². The van der Waals surface area contributed by atoms with Crippen LogP contribution in [0.2, 0.25) is 0 Å². The van der Waals surface area contributed by atoms with E-state index in [4.69, 9.17) is 0 Å². The summed E-state index contributed by atoms with van der Waals surface area (Å²) in [4.78, 5) is 9.58. The van der Waals surface area contributed by atoms with Gasteiger partial charge in [-0.2, -0.15) is 0 Å². The lowest BCUT2D eigenvalue weighted by Gasteiger charge is -2.39. The van der Waals surface area contributed by atoms with E-state index in [-0.39, 0.29) is 0 Å². The van der Waals surface area contributed by atoms with Gasteiger partial charge >= 0.3 is 0 Å². The molecular formula is C20H22N2S. The molecule has 0 saturated heterocycles. The lowest BCUT2D eigenvalue weighted by atomic mass is 9.88. The van der Waals surface area contributed by atoms with E-state index in [2.05, 4.69) is 58.5 Å². The lowest BCUT2D eigenvalue weighted by molar-refractivity contribution is 0.161. The van der Waals surface area contributed by atoms with Gasteiger partial charge in [-0.25, -0.2) is 0 Å². The van der Waals surface area contributed by atoms with Crippen molar-refractivity contribution < 1.29 is 0 Å². The normalized spacial score (nSPS) is 20.3. The Morgan fingerprint density at radius 2 is 2.22 bits per heavy atom. The summed E-state index contributed by atoms with van der Waals surface area (Å²) in [5.41, 5.74) is 5.92. The maximum atomic E-state index is 3.66. The molecule has 0 bridgehead atoms. The third-order valence-corrected chi connectivity index (χ3v) is 6.75. The molecule has 3 aromatic rings. The number of aromatic amines is 1. The molecule has 0 fully saturated rings. The summed E-state index contributed by atoms with van der Waals surface area (Å²) in [5.74, 6) is 0. The molecule has 1 N–H and O–H groups in total. The third-order valence-electron chi connectivity index (χ3n) is 5.48. The number of H-pyrrole nitrogens is 1. The second-order valence-electron chi connectivity index (χ2n) is 6.91. The molecule has 0 spiro atoms. The topological polar surface area (TPSA) is 19.0 Å². The van der Waals surface area contributed by atoms with Crippen LogP contribution in [0.4, 0.5) is 0 Å². The van der Waals surface area contributed by atoms with Crippen molar-refractivity contribution in [3.05, 3.63) is 56.9 Å². The Kier molecular flexibility index (Phi) is 3.14. The number of thiophene rings is 1. The molecule has 2 aliphatic heterocycles. The lowest BCUT2D eigenvalue weighted by Crippen LogP contribution is -2.38. The van der Waals surface area contributed by atoms with Crippen LogP contribution in [0.15, 0.2) is 30.3 Å². The Morgan fingerprint density at radius 3 is 3.13 bits per heavy atom. The van der Waals surface area contributed by atoms with Crippen LogP contribution >= 0.6 is 11.3 Å². The summed E-state index contributed by atoms with van der Waals surface area (Å²) >= 11 is 2.07. The number of nitrogens with zero attached hydrogens (tertiary/aromatic N) is 1. The van der Waals surface area contributed by atoms with E-state index in [1.807, 2.05) is 0 Å². The predicted molar refractivity (Wildman–Crippen MR) is 97.2 cm³/mol. The fraction of sp³-hybridized carbons (Fsp3) is 0.400. The molecule has 0 unspecified atom stereocenters. The minimum absolute atomic E-state index is 0.590. The first-order chi connectivity index (χ1) is 11.3. The van der Waals surface area contributed by atoms with Crippen molar-refractivity contribution in [2.24, 2.45) is 0 Å². The van der Waals surface area contributed by atoms with Crippen LogP contribution in [0, 0.1) is 0 Å². The van der Waals surface area contributed by atoms with Crippen LogP contribution in [0.1, 0.15) is 46.0 Å². The Balaban J connectivity index is 1.58. The quantitative estimate of drug-likeness (QED) is 0.715. The molecule has 118 valence electrons. The molecule has 2 aliphatic rings. The van der Waals surface area contributed by atoms with Crippen molar-refractivity contribution >= 4 is 22.2 Å². The van der Waals surface area contributed by atoms with E-state index in [1.165, 1.54) is 42.4 Å². The Morgan fingerprint density at radius 1 is 1.30 bits per heavy atom. The molecule has 3 heteroatoms. The van der Waals surface area contributed by atoms with Crippen LogP contribution in [0.3, 0.4) is 0 Å². The van der Waals surface area contributed by atoms with Gasteiger partial charge in [-0.3, -0.25) is 4.90 Å². The molecule has 23 heavy (non-hydrogen) atoms. The largest absolute Gasteiger partial charge is 0.357 e. The van der Waals surface area contributed by atoms with Crippen molar-refractivity contribution in [1.29, 1.82) is 0 Å². The van der Waals surface area contributed by atoms with Gasteiger partial charge in [-0.05, 0) is 42.5 Å². The van der Waals surface area contributed by atoms with E-state index in [9.17, 15) is 0 Å². The number of rotatable bonds is 2. The fourth-order valence-corrected chi connectivity index (χ4v) is 5.71. The molecule has 0 saturated carbocycles. The number of aryl methyl sites for hydroxylation is 1. The molecule has 0 amide bonds. The summed E-state index contributed by atoms with van der Waals surface area (Å²) in [7, 11) is 0. The van der Waals surface area contributed by atoms with Gasteiger partial charge in [0.15, 0.2) is 0 Å². The van der Waals surface area contributed by atoms with Gasteiger partial charge in [0.05, 0.1) is 0 Å². The van der Waals surface area contributed by atoms with E-state index in [0.29, 0.717) is 6.04 Å². The minimum atomic E-state index is 0.590. The molecule has 2 nitrogen and oxygen atoms in total. The first-order valence-electron chi connectivity index (χ1n) is 8.77. The van der Waals surface area contributed by atoms with Crippen LogP contribution in [0.25, 0.3) is 10.9 Å². The van der Waals surface area contributed by atoms with Crippen molar-refractivity contribution in [3.63, 3.8) is 0 Å². The second-order valence-corrected chi connectivity index (χ2v) is 8.13. The van der Waals surface area contributed by atoms with Crippen LogP contribution in [0.5, 0.6) is 0 Å². The molecule has 0 radical (unpaired) electrons. The van der Waals surface area contributed by atoms with Crippen LogP contribution < -0.4 is 0 Å². The summed E-state index contributed by atoms with van der Waals surface area (Å²) < 4.78 is 0. The fourth-order valence-electron chi connectivity index (χ4n) is 4.39. The van der Waals surface area contributed by atoms with E-state index < -0.39 is 0 Å². The summed E-state index contributed by atoms with van der Waals surface area (Å²) in [5, 5.41) is 1.43. The highest BCUT2D eigenvalue weighted by Crippen LogP contribution is 2.43. The number of aromatic nitrogens is 1. The number of benzene rings is 1. The monoisotopic (exact) mass is 322 g/mol. The first-order valence-corrected chi connectivity index (χ1v) is 9.59. The average Bonchev–Trinajstić information content (AvgIpc) is 3.13. The minimum Gasteiger partial charge on any atom is -0.357 e. The van der Waals surface area contributed by atoms with Gasteiger partial charge < -0.3 is 4.98 Å². The Hall–Kier alpha value is -1.58. The first kappa shape index (κ1) is 13.8. The zero-order chi connectivity index (χ0) is 15.4. The highest BCUT2D eigenvalue weighted by Gasteiger charge is 2.34. The highest BCUT2D eigenvalue weighted by atomic mass is 32.1. The van der Waals surface area contributed by atoms with Crippen molar-refractivity contribution in [2.75, 3.05) is 6.54 Å². The van der Waals surface area contributed by atoms with E-state index in [1.54, 1.807) is 20.9 Å². The summed E-state index contributed by atoms with van der Waals surface area (Å²) in [6.45, 7) is 4.56. The Bertz CT molecular complexity index is 873. The standard InChI is InChI=1S/C20H22N2S/c1-2-5-13-10-16-19-11-15-14-6-3-4-7-17(14)21-18(15)12-22(19)9-8-20(16)23-13/h3-4,6-7,10,19,21H,2,5,8-9,11-12H2,1H3/t19-/m0/s1. The number of hydrogen-bond acceptors (Lipinski definition) is 2. The van der Waals surface area contributed by atoms with Gasteiger partial charge in [0, 0.05) is 45.5 Å². The van der Waals surface area contributed by atoms with E-state index >= 15 is 0 Å². The highest BCUT2D eigenvalue weighted by molar-refractivity contribution is 7.12. The van der Waals surface area contributed by atoms with Gasteiger partial charge in [-0.1, -0.05) is 31.5 Å². The van der Waals surface area contributed by atoms with Gasteiger partial charge in [0.25, 0.3) is 0 Å². The predicted octanol–water partition coefficient (Wildman–Crippen LogP) is 4.84. The number of hydrogen-bond donors (Lipinski definition) is 1. The molecule has 2 aromatic heterocycles. The maximum absolute atomic E-state index is 3.66.